The van der Waals surface area contributed by atoms with Crippen molar-refractivity contribution in [3.63, 3.8) is 0 Å². The third-order valence-corrected chi connectivity index (χ3v) is 5.98. The van der Waals surface area contributed by atoms with Crippen molar-refractivity contribution in [1.82, 2.24) is 19.6 Å². The van der Waals surface area contributed by atoms with Crippen LogP contribution in [0.15, 0.2) is 59.5 Å². The van der Waals surface area contributed by atoms with Gasteiger partial charge in [0.25, 0.3) is 11.5 Å². The Balaban J connectivity index is 0.00000245. The van der Waals surface area contributed by atoms with E-state index < -0.39 is 6.17 Å². The van der Waals surface area contributed by atoms with Gasteiger partial charge >= 0.3 is 0 Å². The molecule has 1 amide bonds. The highest BCUT2D eigenvalue weighted by Gasteiger charge is 2.19. The fourth-order valence-corrected chi connectivity index (χ4v) is 4.24. The lowest BCUT2D eigenvalue weighted by Crippen LogP contribution is -2.40. The number of aromatic nitrogens is 2. The molecular formula is C24H24ClFN4O2. The van der Waals surface area contributed by atoms with Crippen LogP contribution in [-0.4, -0.2) is 52.5 Å². The molecule has 3 heterocycles. The summed E-state index contributed by atoms with van der Waals surface area (Å²) in [6.07, 6.45) is 2.02. The Morgan fingerprint density at radius 2 is 1.81 bits per heavy atom. The first-order valence-corrected chi connectivity index (χ1v) is 10.6. The van der Waals surface area contributed by atoms with Crippen molar-refractivity contribution in [3.05, 3.63) is 70.6 Å². The van der Waals surface area contributed by atoms with Gasteiger partial charge in [-0.25, -0.2) is 9.37 Å². The number of piperidine rings is 1. The molecule has 6 nitrogen and oxygen atoms in total. The van der Waals surface area contributed by atoms with E-state index in [2.05, 4.69) is 15.2 Å². The number of nitrogens with one attached hydrogen (secondary N) is 1. The Labute approximate surface area is 190 Å². The first-order valence-electron chi connectivity index (χ1n) is 10.6. The molecule has 1 saturated heterocycles. The Kier molecular flexibility index (Phi) is 6.39. The summed E-state index contributed by atoms with van der Waals surface area (Å²) in [5.74, 6) is -0.273. The minimum Gasteiger partial charge on any atom is -0.351 e. The molecule has 32 heavy (non-hydrogen) atoms. The fraction of sp³-hybridized carbons (Fsp3) is 0.292. The first kappa shape index (κ1) is 22.2. The quantitative estimate of drug-likeness (QED) is 0.478. The normalized spacial score (nSPS) is 15.2. The molecule has 1 aliphatic rings. The summed E-state index contributed by atoms with van der Waals surface area (Å²) in [5.41, 5.74) is 1.07. The summed E-state index contributed by atoms with van der Waals surface area (Å²) in [4.78, 5) is 32.8. The number of rotatable bonds is 4. The van der Waals surface area contributed by atoms with E-state index in [1.54, 1.807) is 18.3 Å². The van der Waals surface area contributed by atoms with Gasteiger partial charge in [0.1, 0.15) is 6.17 Å². The van der Waals surface area contributed by atoms with Gasteiger partial charge in [-0.3, -0.25) is 14.0 Å². The van der Waals surface area contributed by atoms with Gasteiger partial charge in [-0.15, -0.1) is 12.4 Å². The van der Waals surface area contributed by atoms with Crippen molar-refractivity contribution in [3.8, 4) is 0 Å². The molecule has 166 valence electrons. The summed E-state index contributed by atoms with van der Waals surface area (Å²) in [5, 5.41) is 5.40. The Hall–Kier alpha value is -3.03. The van der Waals surface area contributed by atoms with Gasteiger partial charge in [0.05, 0.1) is 16.5 Å². The molecule has 8 heteroatoms. The van der Waals surface area contributed by atoms with E-state index in [4.69, 9.17) is 0 Å². The largest absolute Gasteiger partial charge is 0.351 e. The number of fused-ring (bicyclic) bond motifs is 3. The summed E-state index contributed by atoms with van der Waals surface area (Å²) in [6, 6.07) is 14.9. The van der Waals surface area contributed by atoms with Gasteiger partial charge in [0, 0.05) is 32.4 Å². The molecule has 0 bridgehead atoms. The number of likely N-dealkylation sites (tertiary alicyclic amines) is 1. The van der Waals surface area contributed by atoms with Gasteiger partial charge in [-0.1, -0.05) is 24.3 Å². The summed E-state index contributed by atoms with van der Waals surface area (Å²) in [6.45, 7) is 2.55. The Morgan fingerprint density at radius 1 is 1.09 bits per heavy atom. The van der Waals surface area contributed by atoms with E-state index in [9.17, 15) is 14.0 Å². The highest BCUT2D eigenvalue weighted by Crippen LogP contribution is 2.21. The predicted octanol–water partition coefficient (Wildman–Crippen LogP) is 3.59. The highest BCUT2D eigenvalue weighted by molar-refractivity contribution is 6.02. The topological polar surface area (TPSA) is 66.7 Å². The molecule has 1 N–H and O–H groups in total. The van der Waals surface area contributed by atoms with E-state index >= 15 is 0 Å². The molecule has 2 aromatic carbocycles. The Bertz CT molecular complexity index is 1350. The second-order valence-corrected chi connectivity index (χ2v) is 8.02. The fourth-order valence-electron chi connectivity index (χ4n) is 4.24. The zero-order chi connectivity index (χ0) is 21.4. The van der Waals surface area contributed by atoms with Crippen molar-refractivity contribution in [2.75, 3.05) is 26.2 Å². The summed E-state index contributed by atoms with van der Waals surface area (Å²) in [7, 11) is 0. The van der Waals surface area contributed by atoms with Crippen LogP contribution in [0.3, 0.4) is 0 Å². The molecule has 0 unspecified atom stereocenters. The third kappa shape index (κ3) is 4.18. The standard InChI is InChI=1S/C24H23FN4O2.ClH/c25-18-7-11-28(12-8-18)13-9-26-23(30)19-6-3-10-29-22(19)27-21-15-17-5-2-1-4-16(17)14-20(21)24(29)31;/h1-6,10,14-15,18H,7-9,11-13H2,(H,26,30);1H. The number of amides is 1. The number of benzene rings is 2. The van der Waals surface area contributed by atoms with Crippen molar-refractivity contribution in [2.24, 2.45) is 0 Å². The second-order valence-electron chi connectivity index (χ2n) is 8.02. The minimum atomic E-state index is -0.710. The van der Waals surface area contributed by atoms with E-state index in [0.717, 1.165) is 10.8 Å². The van der Waals surface area contributed by atoms with Crippen LogP contribution in [0.5, 0.6) is 0 Å². The van der Waals surface area contributed by atoms with Gasteiger partial charge in [0.15, 0.2) is 5.65 Å². The summed E-state index contributed by atoms with van der Waals surface area (Å²) >= 11 is 0. The number of carbonyl (C=O) groups is 1. The van der Waals surface area contributed by atoms with Crippen molar-refractivity contribution in [1.29, 1.82) is 0 Å². The number of hydrogen-bond acceptors (Lipinski definition) is 4. The molecule has 0 radical (unpaired) electrons. The number of nitrogens with zero attached hydrogens (tertiary/aromatic N) is 3. The molecule has 5 rings (SSSR count). The third-order valence-electron chi connectivity index (χ3n) is 5.98. The lowest BCUT2D eigenvalue weighted by atomic mass is 10.1. The molecule has 1 fully saturated rings. The number of carbonyl (C=O) groups excluding carboxylic acids is 1. The van der Waals surface area contributed by atoms with Crippen LogP contribution in [0.25, 0.3) is 27.3 Å². The molecule has 0 saturated carbocycles. The lowest BCUT2D eigenvalue weighted by Gasteiger charge is -2.28. The van der Waals surface area contributed by atoms with Crippen molar-refractivity contribution >= 4 is 45.6 Å². The van der Waals surface area contributed by atoms with Crippen LogP contribution in [-0.2, 0) is 0 Å². The number of hydrogen-bond donors (Lipinski definition) is 1. The first-order chi connectivity index (χ1) is 15.1. The monoisotopic (exact) mass is 454 g/mol. The van der Waals surface area contributed by atoms with E-state index in [0.29, 0.717) is 61.1 Å². The molecule has 1 aliphatic heterocycles. The predicted molar refractivity (Wildman–Crippen MR) is 127 cm³/mol. The Morgan fingerprint density at radius 3 is 2.56 bits per heavy atom. The van der Waals surface area contributed by atoms with Gasteiger partial charge in [0.2, 0.25) is 0 Å². The number of alkyl halides is 1. The van der Waals surface area contributed by atoms with Crippen LogP contribution < -0.4 is 10.9 Å². The summed E-state index contributed by atoms with van der Waals surface area (Å²) < 4.78 is 14.7. The van der Waals surface area contributed by atoms with Gasteiger partial charge in [-0.2, -0.15) is 0 Å². The zero-order valence-electron chi connectivity index (χ0n) is 17.5. The number of halogens is 2. The average Bonchev–Trinajstić information content (AvgIpc) is 2.79. The number of pyridine rings is 1. The molecule has 0 atom stereocenters. The molecular weight excluding hydrogens is 431 g/mol. The van der Waals surface area contributed by atoms with Gasteiger partial charge < -0.3 is 10.2 Å². The van der Waals surface area contributed by atoms with Crippen LogP contribution in [0.2, 0.25) is 0 Å². The minimum absolute atomic E-state index is 0. The van der Waals surface area contributed by atoms with E-state index in [1.165, 1.54) is 4.40 Å². The van der Waals surface area contributed by atoms with Crippen LogP contribution in [0.4, 0.5) is 4.39 Å². The zero-order valence-corrected chi connectivity index (χ0v) is 18.3. The van der Waals surface area contributed by atoms with Crippen LogP contribution in [0.1, 0.15) is 23.2 Å². The SMILES string of the molecule is Cl.O=C(NCCN1CCC(F)CC1)c1cccn2c(=O)c3cc4ccccc4cc3nc12. The second kappa shape index (κ2) is 9.22. The molecule has 0 aliphatic carbocycles. The maximum atomic E-state index is 13.3. The average molecular weight is 455 g/mol. The van der Waals surface area contributed by atoms with Crippen molar-refractivity contribution in [2.45, 2.75) is 19.0 Å². The van der Waals surface area contributed by atoms with E-state index in [-0.39, 0.29) is 23.9 Å². The maximum Gasteiger partial charge on any atom is 0.265 e. The van der Waals surface area contributed by atoms with Crippen LogP contribution in [0, 0.1) is 0 Å². The highest BCUT2D eigenvalue weighted by atomic mass is 35.5. The molecule has 2 aromatic heterocycles. The van der Waals surface area contributed by atoms with Crippen LogP contribution >= 0.6 is 12.4 Å². The van der Waals surface area contributed by atoms with E-state index in [1.807, 2.05) is 36.4 Å². The molecule has 4 aromatic rings. The molecule has 0 spiro atoms. The lowest BCUT2D eigenvalue weighted by molar-refractivity contribution is 0.0941. The van der Waals surface area contributed by atoms with Crippen molar-refractivity contribution < 1.29 is 9.18 Å². The maximum absolute atomic E-state index is 13.3. The smallest absolute Gasteiger partial charge is 0.265 e. The van der Waals surface area contributed by atoms with Gasteiger partial charge in [-0.05, 0) is 47.9 Å².